The van der Waals surface area contributed by atoms with E-state index in [9.17, 15) is 0 Å². The van der Waals surface area contributed by atoms with Crippen LogP contribution in [0.2, 0.25) is 0 Å². The van der Waals surface area contributed by atoms with E-state index in [1.807, 2.05) is 49.4 Å². The molecule has 7 heteroatoms. The van der Waals surface area contributed by atoms with Gasteiger partial charge in [-0.05, 0) is 55.0 Å². The van der Waals surface area contributed by atoms with Crippen LogP contribution in [0.1, 0.15) is 18.1 Å². The summed E-state index contributed by atoms with van der Waals surface area (Å²) in [6, 6.07) is 13.6. The number of benzene rings is 2. The fourth-order valence-corrected chi connectivity index (χ4v) is 2.55. The summed E-state index contributed by atoms with van der Waals surface area (Å²) in [6.45, 7) is 3.65. The number of hydrazone groups is 1. The summed E-state index contributed by atoms with van der Waals surface area (Å²) in [5.74, 6) is 2.33. The first-order valence-electron chi connectivity index (χ1n) is 8.27. The second kappa shape index (κ2) is 8.53. The molecule has 0 aliphatic carbocycles. The van der Waals surface area contributed by atoms with Gasteiger partial charge in [0.1, 0.15) is 19.0 Å². The van der Waals surface area contributed by atoms with Crippen LogP contribution in [0.3, 0.4) is 0 Å². The van der Waals surface area contributed by atoms with E-state index in [0.29, 0.717) is 24.9 Å². The maximum Gasteiger partial charge on any atom is 0.187 e. The maximum absolute atomic E-state index is 5.60. The first-order valence-corrected chi connectivity index (χ1v) is 8.67. The van der Waals surface area contributed by atoms with Crippen LogP contribution in [0.25, 0.3) is 0 Å². The lowest BCUT2D eigenvalue weighted by Gasteiger charge is -2.18. The molecule has 0 aromatic heterocycles. The minimum absolute atomic E-state index is 0.456. The first-order chi connectivity index (χ1) is 12.7. The SMILES string of the molecule is COc1ccc(CNC(=S)N/N=C(/C)c2ccc3c(c2)OCCO3)cc1. The van der Waals surface area contributed by atoms with E-state index in [1.165, 1.54) is 0 Å². The molecular formula is C19H21N3O3S. The van der Waals surface area contributed by atoms with Crippen molar-refractivity contribution in [3.8, 4) is 17.2 Å². The number of fused-ring (bicyclic) bond motifs is 1. The average molecular weight is 371 g/mol. The highest BCUT2D eigenvalue weighted by Crippen LogP contribution is 2.30. The van der Waals surface area contributed by atoms with Crippen molar-refractivity contribution in [3.05, 3.63) is 53.6 Å². The molecular weight excluding hydrogens is 350 g/mol. The zero-order valence-corrected chi connectivity index (χ0v) is 15.6. The van der Waals surface area contributed by atoms with Gasteiger partial charge in [0.25, 0.3) is 0 Å². The predicted molar refractivity (Wildman–Crippen MR) is 105 cm³/mol. The molecule has 26 heavy (non-hydrogen) atoms. The van der Waals surface area contributed by atoms with Gasteiger partial charge in [-0.25, -0.2) is 0 Å². The molecule has 2 aromatic rings. The molecule has 1 heterocycles. The molecule has 1 aliphatic heterocycles. The smallest absolute Gasteiger partial charge is 0.187 e. The molecule has 1 aliphatic rings. The Bertz CT molecular complexity index is 806. The van der Waals surface area contributed by atoms with Gasteiger partial charge in [-0.3, -0.25) is 5.43 Å². The van der Waals surface area contributed by atoms with Crippen LogP contribution >= 0.6 is 12.2 Å². The summed E-state index contributed by atoms with van der Waals surface area (Å²) in [4.78, 5) is 0. The van der Waals surface area contributed by atoms with E-state index in [1.54, 1.807) is 7.11 Å². The van der Waals surface area contributed by atoms with E-state index in [-0.39, 0.29) is 0 Å². The second-order valence-electron chi connectivity index (χ2n) is 5.70. The highest BCUT2D eigenvalue weighted by molar-refractivity contribution is 7.80. The van der Waals surface area contributed by atoms with Crippen LogP contribution in [-0.4, -0.2) is 31.1 Å². The van der Waals surface area contributed by atoms with Crippen molar-refractivity contribution in [1.82, 2.24) is 10.7 Å². The van der Waals surface area contributed by atoms with Gasteiger partial charge in [-0.2, -0.15) is 5.10 Å². The van der Waals surface area contributed by atoms with E-state index in [0.717, 1.165) is 34.1 Å². The molecule has 0 spiro atoms. The molecule has 0 amide bonds. The number of thiocarbonyl (C=S) groups is 1. The van der Waals surface area contributed by atoms with Gasteiger partial charge >= 0.3 is 0 Å². The molecule has 0 unspecified atom stereocenters. The Morgan fingerprint density at radius 3 is 2.58 bits per heavy atom. The van der Waals surface area contributed by atoms with Crippen molar-refractivity contribution in [3.63, 3.8) is 0 Å². The molecule has 3 rings (SSSR count). The van der Waals surface area contributed by atoms with Crippen LogP contribution in [-0.2, 0) is 6.54 Å². The minimum Gasteiger partial charge on any atom is -0.497 e. The van der Waals surface area contributed by atoms with Crippen molar-refractivity contribution < 1.29 is 14.2 Å². The zero-order chi connectivity index (χ0) is 18.4. The maximum atomic E-state index is 5.60. The number of hydrogen-bond acceptors (Lipinski definition) is 5. The molecule has 0 fully saturated rings. The number of ether oxygens (including phenoxy) is 3. The monoisotopic (exact) mass is 371 g/mol. The quantitative estimate of drug-likeness (QED) is 0.479. The lowest BCUT2D eigenvalue weighted by molar-refractivity contribution is 0.171. The summed E-state index contributed by atoms with van der Waals surface area (Å²) < 4.78 is 16.3. The Labute approximate surface area is 158 Å². The fourth-order valence-electron chi connectivity index (χ4n) is 2.43. The summed E-state index contributed by atoms with van der Waals surface area (Å²) in [7, 11) is 1.65. The van der Waals surface area contributed by atoms with Gasteiger partial charge in [0.05, 0.1) is 12.8 Å². The lowest BCUT2D eigenvalue weighted by Crippen LogP contribution is -2.32. The Kier molecular flexibility index (Phi) is 5.91. The standard InChI is InChI=1S/C19H21N3O3S/c1-13(15-5-8-17-18(11-15)25-10-9-24-17)21-22-19(26)20-12-14-3-6-16(23-2)7-4-14/h3-8,11H,9-10,12H2,1-2H3,(H2,20,22,26)/b21-13-. The molecule has 0 saturated heterocycles. The first kappa shape index (κ1) is 18.0. The molecule has 0 atom stereocenters. The van der Waals surface area contributed by atoms with E-state index >= 15 is 0 Å². The third kappa shape index (κ3) is 4.64. The molecule has 136 valence electrons. The number of hydrogen-bond donors (Lipinski definition) is 2. The Morgan fingerprint density at radius 1 is 1.12 bits per heavy atom. The topological polar surface area (TPSA) is 64.1 Å². The van der Waals surface area contributed by atoms with Crippen LogP contribution < -0.4 is 25.0 Å². The van der Waals surface area contributed by atoms with Gasteiger partial charge in [0.15, 0.2) is 16.6 Å². The van der Waals surface area contributed by atoms with Crippen LogP contribution in [0.4, 0.5) is 0 Å². The molecule has 2 N–H and O–H groups in total. The summed E-state index contributed by atoms with van der Waals surface area (Å²) >= 11 is 5.27. The average Bonchev–Trinajstić information content (AvgIpc) is 2.70. The summed E-state index contributed by atoms with van der Waals surface area (Å²) in [6.07, 6.45) is 0. The Hall–Kier alpha value is -2.80. The van der Waals surface area contributed by atoms with Crippen LogP contribution in [0.15, 0.2) is 47.6 Å². The van der Waals surface area contributed by atoms with Gasteiger partial charge in [-0.1, -0.05) is 12.1 Å². The zero-order valence-electron chi connectivity index (χ0n) is 14.7. The molecule has 0 bridgehead atoms. The molecule has 0 saturated carbocycles. The number of nitrogens with one attached hydrogen (secondary N) is 2. The second-order valence-corrected chi connectivity index (χ2v) is 6.11. The number of nitrogens with zero attached hydrogens (tertiary/aromatic N) is 1. The van der Waals surface area contributed by atoms with Gasteiger partial charge in [-0.15, -0.1) is 0 Å². The molecule has 6 nitrogen and oxygen atoms in total. The highest BCUT2D eigenvalue weighted by Gasteiger charge is 2.12. The predicted octanol–water partition coefficient (Wildman–Crippen LogP) is 2.85. The van der Waals surface area contributed by atoms with Crippen LogP contribution in [0.5, 0.6) is 17.2 Å². The summed E-state index contributed by atoms with van der Waals surface area (Å²) in [5, 5.41) is 7.91. The van der Waals surface area contributed by atoms with Crippen molar-refractivity contribution in [1.29, 1.82) is 0 Å². The van der Waals surface area contributed by atoms with E-state index < -0.39 is 0 Å². The van der Waals surface area contributed by atoms with Crippen molar-refractivity contribution in [2.24, 2.45) is 5.10 Å². The van der Waals surface area contributed by atoms with Crippen molar-refractivity contribution in [2.45, 2.75) is 13.5 Å². The Balaban J connectivity index is 1.53. The fraction of sp³-hybridized carbons (Fsp3) is 0.263. The Morgan fingerprint density at radius 2 is 1.85 bits per heavy atom. The van der Waals surface area contributed by atoms with Crippen LogP contribution in [0, 0.1) is 0 Å². The van der Waals surface area contributed by atoms with E-state index in [2.05, 4.69) is 15.8 Å². The van der Waals surface area contributed by atoms with E-state index in [4.69, 9.17) is 26.4 Å². The number of rotatable bonds is 5. The van der Waals surface area contributed by atoms with Gasteiger partial charge in [0, 0.05) is 12.1 Å². The minimum atomic E-state index is 0.456. The third-order valence-electron chi connectivity index (χ3n) is 3.90. The van der Waals surface area contributed by atoms with Gasteiger partial charge < -0.3 is 19.5 Å². The van der Waals surface area contributed by atoms with Gasteiger partial charge in [0.2, 0.25) is 0 Å². The van der Waals surface area contributed by atoms with Crippen molar-refractivity contribution in [2.75, 3.05) is 20.3 Å². The molecule has 2 aromatic carbocycles. The van der Waals surface area contributed by atoms with Crippen molar-refractivity contribution >= 4 is 23.0 Å². The highest BCUT2D eigenvalue weighted by atomic mass is 32.1. The number of methoxy groups -OCH3 is 1. The molecule has 0 radical (unpaired) electrons. The largest absolute Gasteiger partial charge is 0.497 e. The summed E-state index contributed by atoms with van der Waals surface area (Å²) in [5.41, 5.74) is 5.71. The lowest BCUT2D eigenvalue weighted by atomic mass is 10.1. The normalized spacial score (nSPS) is 13.1. The third-order valence-corrected chi connectivity index (χ3v) is 4.13.